The first-order valence-corrected chi connectivity index (χ1v) is 8.46. The van der Waals surface area contributed by atoms with Gasteiger partial charge in [0.2, 0.25) is 0 Å². The van der Waals surface area contributed by atoms with Gasteiger partial charge in [0.15, 0.2) is 17.0 Å². The molecule has 24 heavy (non-hydrogen) atoms. The molecule has 7 nitrogen and oxygen atoms in total. The molecular weight excluding hydrogens is 306 g/mol. The molecule has 0 amide bonds. The van der Waals surface area contributed by atoms with Gasteiger partial charge in [0, 0.05) is 25.7 Å². The van der Waals surface area contributed by atoms with Gasteiger partial charge in [-0.2, -0.15) is 0 Å². The highest BCUT2D eigenvalue weighted by molar-refractivity contribution is 5.82. The Morgan fingerprint density at radius 2 is 2.08 bits per heavy atom. The summed E-state index contributed by atoms with van der Waals surface area (Å²) in [6, 6.07) is 0.365. The van der Waals surface area contributed by atoms with Crippen molar-refractivity contribution in [3.63, 3.8) is 0 Å². The Morgan fingerprint density at radius 1 is 1.21 bits per heavy atom. The molecule has 0 aliphatic carbocycles. The molecule has 2 saturated heterocycles. The first-order chi connectivity index (χ1) is 11.8. The van der Waals surface area contributed by atoms with Gasteiger partial charge < -0.3 is 14.8 Å². The predicted octanol–water partition coefficient (Wildman–Crippen LogP) is 2.12. The first-order valence-electron chi connectivity index (χ1n) is 8.46. The lowest BCUT2D eigenvalue weighted by atomic mass is 10.1. The molecule has 0 bridgehead atoms. The van der Waals surface area contributed by atoms with Crippen LogP contribution in [0.15, 0.2) is 12.7 Å². The predicted molar refractivity (Wildman–Crippen MR) is 89.4 cm³/mol. The normalized spacial score (nSPS) is 25.0. The van der Waals surface area contributed by atoms with Crippen molar-refractivity contribution >= 4 is 17.0 Å². The van der Waals surface area contributed by atoms with E-state index in [1.54, 1.807) is 12.7 Å². The number of nitrogens with one attached hydrogen (secondary N) is 1. The minimum absolute atomic E-state index is 0.0563. The van der Waals surface area contributed by atoms with E-state index in [4.69, 9.17) is 15.9 Å². The van der Waals surface area contributed by atoms with E-state index in [0.29, 0.717) is 12.5 Å². The fourth-order valence-electron chi connectivity index (χ4n) is 3.38. The standard InChI is InChI=1S/C17H21N5O2/c1-2-3-13-4-5-14(24-13)22-11-20-15-16(18-10-19-17(15)22)21-12-6-8-23-9-7-12/h1,10-14H,3-9H2,(H,18,19,21)/t13-,14+/m0/s1. The van der Waals surface area contributed by atoms with Crippen LogP contribution in [0.4, 0.5) is 5.82 Å². The second kappa shape index (κ2) is 6.75. The quantitative estimate of drug-likeness (QED) is 0.867. The summed E-state index contributed by atoms with van der Waals surface area (Å²) in [5.74, 6) is 3.45. The zero-order chi connectivity index (χ0) is 16.4. The van der Waals surface area contributed by atoms with Gasteiger partial charge >= 0.3 is 0 Å². The monoisotopic (exact) mass is 327 g/mol. The van der Waals surface area contributed by atoms with Gasteiger partial charge in [-0.05, 0) is 25.7 Å². The van der Waals surface area contributed by atoms with E-state index in [0.717, 1.165) is 55.9 Å². The van der Waals surface area contributed by atoms with E-state index in [9.17, 15) is 0 Å². The number of imidazole rings is 1. The third kappa shape index (κ3) is 2.95. The lowest BCUT2D eigenvalue weighted by Gasteiger charge is -2.23. The van der Waals surface area contributed by atoms with Crippen molar-refractivity contribution in [3.8, 4) is 12.3 Å². The van der Waals surface area contributed by atoms with Crippen molar-refractivity contribution in [1.82, 2.24) is 19.5 Å². The fraction of sp³-hybridized carbons (Fsp3) is 0.588. The van der Waals surface area contributed by atoms with E-state index >= 15 is 0 Å². The molecule has 2 aromatic heterocycles. The summed E-state index contributed by atoms with van der Waals surface area (Å²) in [7, 11) is 0. The zero-order valence-corrected chi connectivity index (χ0v) is 13.5. The molecule has 0 spiro atoms. The molecule has 4 heterocycles. The average molecular weight is 327 g/mol. The Balaban J connectivity index is 1.56. The second-order valence-corrected chi connectivity index (χ2v) is 6.28. The topological polar surface area (TPSA) is 74.1 Å². The van der Waals surface area contributed by atoms with E-state index in [1.165, 1.54) is 0 Å². The number of fused-ring (bicyclic) bond motifs is 1. The molecule has 126 valence electrons. The summed E-state index contributed by atoms with van der Waals surface area (Å²) in [5, 5.41) is 3.48. The van der Waals surface area contributed by atoms with Crippen molar-refractivity contribution in [1.29, 1.82) is 0 Å². The Morgan fingerprint density at radius 3 is 2.92 bits per heavy atom. The molecule has 1 N–H and O–H groups in total. The van der Waals surface area contributed by atoms with Gasteiger partial charge in [0.25, 0.3) is 0 Å². The Hall–Kier alpha value is -2.17. The van der Waals surface area contributed by atoms with Crippen LogP contribution < -0.4 is 5.32 Å². The van der Waals surface area contributed by atoms with E-state index in [-0.39, 0.29) is 12.3 Å². The maximum Gasteiger partial charge on any atom is 0.167 e. The number of ether oxygens (including phenoxy) is 2. The Kier molecular flexibility index (Phi) is 4.32. The van der Waals surface area contributed by atoms with E-state index in [2.05, 4.69) is 26.2 Å². The van der Waals surface area contributed by atoms with Gasteiger partial charge in [-0.25, -0.2) is 15.0 Å². The van der Waals surface area contributed by atoms with Crippen molar-refractivity contribution in [2.45, 2.75) is 50.5 Å². The van der Waals surface area contributed by atoms with Crippen LogP contribution in [0.3, 0.4) is 0 Å². The molecule has 2 aliphatic rings. The summed E-state index contributed by atoms with van der Waals surface area (Å²) in [6.45, 7) is 1.57. The number of rotatable bonds is 4. The average Bonchev–Trinajstić information content (AvgIpc) is 3.23. The smallest absolute Gasteiger partial charge is 0.167 e. The third-order valence-electron chi connectivity index (χ3n) is 4.66. The number of hydrogen-bond acceptors (Lipinski definition) is 6. The highest BCUT2D eigenvalue weighted by Crippen LogP contribution is 2.32. The van der Waals surface area contributed by atoms with Crippen molar-refractivity contribution in [3.05, 3.63) is 12.7 Å². The summed E-state index contributed by atoms with van der Waals surface area (Å²) >= 11 is 0. The number of aromatic nitrogens is 4. The molecule has 0 saturated carbocycles. The van der Waals surface area contributed by atoms with Crippen LogP contribution in [0.1, 0.15) is 38.3 Å². The molecule has 2 fully saturated rings. The third-order valence-corrected chi connectivity index (χ3v) is 4.66. The summed E-state index contributed by atoms with van der Waals surface area (Å²) in [5.41, 5.74) is 1.58. The van der Waals surface area contributed by atoms with Crippen LogP contribution in [0.25, 0.3) is 11.2 Å². The lowest BCUT2D eigenvalue weighted by molar-refractivity contribution is 0.00687. The van der Waals surface area contributed by atoms with Gasteiger partial charge in [-0.3, -0.25) is 4.57 Å². The van der Waals surface area contributed by atoms with Gasteiger partial charge in [-0.1, -0.05) is 0 Å². The molecule has 4 rings (SSSR count). The molecule has 0 aromatic carbocycles. The van der Waals surface area contributed by atoms with E-state index < -0.39 is 0 Å². The van der Waals surface area contributed by atoms with Gasteiger partial charge in [-0.15, -0.1) is 12.3 Å². The minimum atomic E-state index is -0.0563. The maximum absolute atomic E-state index is 6.03. The maximum atomic E-state index is 6.03. The molecule has 2 atom stereocenters. The summed E-state index contributed by atoms with van der Waals surface area (Å²) in [4.78, 5) is 13.3. The lowest BCUT2D eigenvalue weighted by Crippen LogP contribution is -2.28. The Bertz CT molecular complexity index is 747. The van der Waals surface area contributed by atoms with Crippen LogP contribution in [0.2, 0.25) is 0 Å². The van der Waals surface area contributed by atoms with Crippen LogP contribution in [0, 0.1) is 12.3 Å². The number of anilines is 1. The molecule has 7 heteroatoms. The summed E-state index contributed by atoms with van der Waals surface area (Å²) in [6.07, 6.45) is 13.3. The molecular formula is C17H21N5O2. The largest absolute Gasteiger partial charge is 0.381 e. The second-order valence-electron chi connectivity index (χ2n) is 6.28. The molecule has 2 aromatic rings. The number of nitrogens with zero attached hydrogens (tertiary/aromatic N) is 4. The number of hydrogen-bond donors (Lipinski definition) is 1. The number of terminal acetylenes is 1. The van der Waals surface area contributed by atoms with Crippen molar-refractivity contribution in [2.75, 3.05) is 18.5 Å². The van der Waals surface area contributed by atoms with Crippen LogP contribution in [-0.2, 0) is 9.47 Å². The summed E-state index contributed by atoms with van der Waals surface area (Å²) < 4.78 is 13.4. The molecule has 0 unspecified atom stereocenters. The van der Waals surface area contributed by atoms with Crippen LogP contribution in [0.5, 0.6) is 0 Å². The highest BCUT2D eigenvalue weighted by atomic mass is 16.5. The van der Waals surface area contributed by atoms with Crippen LogP contribution in [-0.4, -0.2) is 44.9 Å². The van der Waals surface area contributed by atoms with Gasteiger partial charge in [0.1, 0.15) is 12.6 Å². The highest BCUT2D eigenvalue weighted by Gasteiger charge is 2.28. The first kappa shape index (κ1) is 15.4. The Labute approximate surface area is 140 Å². The van der Waals surface area contributed by atoms with E-state index in [1.807, 2.05) is 4.57 Å². The molecule has 2 aliphatic heterocycles. The minimum Gasteiger partial charge on any atom is -0.381 e. The zero-order valence-electron chi connectivity index (χ0n) is 13.5. The van der Waals surface area contributed by atoms with Crippen LogP contribution >= 0.6 is 0 Å². The SMILES string of the molecule is C#CC[C@H]1CC[C@H](n2cnc3c(NC4CCOCC4)ncnc32)O1. The van der Waals surface area contributed by atoms with Crippen molar-refractivity contribution in [2.24, 2.45) is 0 Å². The van der Waals surface area contributed by atoms with Gasteiger partial charge in [0.05, 0.1) is 12.4 Å². The van der Waals surface area contributed by atoms with Crippen molar-refractivity contribution < 1.29 is 9.47 Å². The fourth-order valence-corrected chi connectivity index (χ4v) is 3.38. The molecule has 0 radical (unpaired) electrons.